The number of amides is 2. The summed E-state index contributed by atoms with van der Waals surface area (Å²) < 4.78 is 29.8. The molecule has 2 aromatic rings. The van der Waals surface area contributed by atoms with Crippen LogP contribution in [0.4, 0.5) is 0 Å². The number of rotatable bonds is 2. The number of fused-ring (bicyclic) bond motifs is 1. The standard InChI is InChI=1S/C31H42N4O4S/c1-33-17-9-10-20-40(38,39)32-31(37)25-15-16-26-27(21-25)35(22-28(36)34(2)19-18-33)30(24-13-7-4-8-14-24)29(26)23-11-5-3-6-12-23/h7,13-16,21,23H,3-6,8-12,17-20,22H2,1-2H3,(H,32,37). The highest BCUT2D eigenvalue weighted by Gasteiger charge is 2.29. The van der Waals surface area contributed by atoms with E-state index >= 15 is 0 Å². The lowest BCUT2D eigenvalue weighted by molar-refractivity contribution is -0.130. The van der Waals surface area contributed by atoms with E-state index in [0.717, 1.165) is 54.4 Å². The first kappa shape index (κ1) is 28.6. The van der Waals surface area contributed by atoms with Gasteiger partial charge in [-0.25, -0.2) is 13.1 Å². The number of likely N-dealkylation sites (N-methyl/N-ethyl adjacent to an activating group) is 2. The molecule has 0 unspecified atom stereocenters. The maximum atomic E-state index is 13.7. The van der Waals surface area contributed by atoms with Crippen molar-refractivity contribution < 1.29 is 18.0 Å². The van der Waals surface area contributed by atoms with Gasteiger partial charge in [-0.2, -0.15) is 0 Å². The van der Waals surface area contributed by atoms with Crippen molar-refractivity contribution in [3.63, 3.8) is 0 Å². The second-order valence-electron chi connectivity index (χ2n) is 11.6. The van der Waals surface area contributed by atoms with Crippen LogP contribution >= 0.6 is 0 Å². The van der Waals surface area contributed by atoms with Crippen LogP contribution in [0.2, 0.25) is 0 Å². The Morgan fingerprint density at radius 1 is 0.925 bits per heavy atom. The van der Waals surface area contributed by atoms with Crippen LogP contribution < -0.4 is 4.72 Å². The lowest BCUT2D eigenvalue weighted by Crippen LogP contribution is -2.37. The molecule has 0 saturated heterocycles. The van der Waals surface area contributed by atoms with Crippen molar-refractivity contribution in [3.8, 4) is 0 Å². The van der Waals surface area contributed by atoms with E-state index in [9.17, 15) is 18.0 Å². The summed E-state index contributed by atoms with van der Waals surface area (Å²) in [4.78, 5) is 30.8. The second kappa shape index (κ2) is 12.3. The highest BCUT2D eigenvalue weighted by molar-refractivity contribution is 7.90. The van der Waals surface area contributed by atoms with E-state index in [2.05, 4.69) is 32.4 Å². The highest BCUT2D eigenvalue weighted by atomic mass is 32.2. The van der Waals surface area contributed by atoms with Crippen LogP contribution in [-0.4, -0.2) is 74.1 Å². The van der Waals surface area contributed by atoms with Gasteiger partial charge in [0.05, 0.1) is 17.0 Å². The monoisotopic (exact) mass is 566 g/mol. The fourth-order valence-corrected chi connectivity index (χ4v) is 7.41. The Hall–Kier alpha value is -2.91. The summed E-state index contributed by atoms with van der Waals surface area (Å²) in [7, 11) is 0.0802. The van der Waals surface area contributed by atoms with E-state index in [0.29, 0.717) is 31.8 Å². The van der Waals surface area contributed by atoms with Gasteiger partial charge in [-0.1, -0.05) is 43.6 Å². The van der Waals surface area contributed by atoms with Gasteiger partial charge < -0.3 is 14.4 Å². The van der Waals surface area contributed by atoms with Crippen molar-refractivity contribution in [2.45, 2.75) is 70.3 Å². The molecule has 2 bridgehead atoms. The van der Waals surface area contributed by atoms with Crippen LogP contribution in [0.25, 0.3) is 16.5 Å². The summed E-state index contributed by atoms with van der Waals surface area (Å²) in [6, 6.07) is 5.48. The smallest absolute Gasteiger partial charge is 0.264 e. The SMILES string of the molecule is CN1CCCCS(=O)(=O)NC(=O)c2ccc3c(C4CCCCC4)c(C4=CCCC=C4)n(c3c2)CC(=O)N(C)CC1. The Balaban J connectivity index is 1.67. The molecule has 3 aliphatic rings. The Morgan fingerprint density at radius 2 is 1.73 bits per heavy atom. The maximum Gasteiger partial charge on any atom is 0.264 e. The minimum Gasteiger partial charge on any atom is -0.343 e. The predicted molar refractivity (Wildman–Crippen MR) is 160 cm³/mol. The molecule has 5 rings (SSSR count). The highest BCUT2D eigenvalue weighted by Crippen LogP contribution is 2.43. The Morgan fingerprint density at radius 3 is 2.48 bits per heavy atom. The number of aromatic nitrogens is 1. The topological polar surface area (TPSA) is 91.7 Å². The number of nitrogens with zero attached hydrogens (tertiary/aromatic N) is 3. The Labute approximate surface area is 238 Å². The third-order valence-electron chi connectivity index (χ3n) is 8.64. The van der Waals surface area contributed by atoms with Crippen molar-refractivity contribution in [3.05, 3.63) is 53.2 Å². The first-order valence-corrected chi connectivity index (χ1v) is 16.4. The fourth-order valence-electron chi connectivity index (χ4n) is 6.32. The molecule has 216 valence electrons. The summed E-state index contributed by atoms with van der Waals surface area (Å²) in [5.74, 6) is -0.330. The lowest BCUT2D eigenvalue weighted by atomic mass is 9.81. The largest absolute Gasteiger partial charge is 0.343 e. The van der Waals surface area contributed by atoms with Gasteiger partial charge in [-0.05, 0) is 81.3 Å². The average Bonchev–Trinajstić information content (AvgIpc) is 3.27. The zero-order valence-corrected chi connectivity index (χ0v) is 24.6. The molecule has 2 aliphatic carbocycles. The van der Waals surface area contributed by atoms with E-state index in [1.807, 2.05) is 20.2 Å². The number of hydrogen-bond donors (Lipinski definition) is 1. The van der Waals surface area contributed by atoms with E-state index in [1.54, 1.807) is 17.0 Å². The first-order valence-electron chi connectivity index (χ1n) is 14.7. The van der Waals surface area contributed by atoms with Crippen molar-refractivity contribution in [2.75, 3.05) is 39.5 Å². The Bertz CT molecular complexity index is 1430. The van der Waals surface area contributed by atoms with Gasteiger partial charge in [0.25, 0.3) is 5.91 Å². The molecule has 1 aromatic carbocycles. The molecule has 9 heteroatoms. The summed E-state index contributed by atoms with van der Waals surface area (Å²) >= 11 is 0. The molecule has 40 heavy (non-hydrogen) atoms. The van der Waals surface area contributed by atoms with E-state index in [4.69, 9.17) is 0 Å². The van der Waals surface area contributed by atoms with Gasteiger partial charge in [0.2, 0.25) is 15.9 Å². The fraction of sp³-hybridized carbons (Fsp3) is 0.548. The quantitative estimate of drug-likeness (QED) is 0.571. The molecule has 1 saturated carbocycles. The number of nitrogens with one attached hydrogen (secondary N) is 1. The van der Waals surface area contributed by atoms with Crippen LogP contribution in [0, 0.1) is 0 Å². The van der Waals surface area contributed by atoms with Crippen molar-refractivity contribution in [2.24, 2.45) is 0 Å². The van der Waals surface area contributed by atoms with Gasteiger partial charge in [-0.3, -0.25) is 9.59 Å². The van der Waals surface area contributed by atoms with Crippen LogP contribution in [0.3, 0.4) is 0 Å². The molecule has 1 N–H and O–H groups in total. The third-order valence-corrected chi connectivity index (χ3v) is 9.96. The zero-order chi connectivity index (χ0) is 28.3. The summed E-state index contributed by atoms with van der Waals surface area (Å²) in [6.45, 7) is 2.18. The molecule has 2 amide bonds. The molecule has 0 spiro atoms. The summed E-state index contributed by atoms with van der Waals surface area (Å²) in [5, 5.41) is 1.05. The molecular weight excluding hydrogens is 524 g/mol. The number of hydrogen-bond acceptors (Lipinski definition) is 5. The predicted octanol–water partition coefficient (Wildman–Crippen LogP) is 4.67. The molecule has 1 aromatic heterocycles. The van der Waals surface area contributed by atoms with Gasteiger partial charge in [0.1, 0.15) is 6.54 Å². The minimum absolute atomic E-state index is 0.0175. The normalized spacial score (nSPS) is 22.4. The first-order chi connectivity index (χ1) is 19.2. The number of carbonyl (C=O) groups excluding carboxylic acids is 2. The van der Waals surface area contributed by atoms with Crippen molar-refractivity contribution >= 4 is 38.3 Å². The third kappa shape index (κ3) is 6.36. The minimum atomic E-state index is -3.76. The van der Waals surface area contributed by atoms with Crippen molar-refractivity contribution in [1.29, 1.82) is 0 Å². The molecule has 1 aliphatic heterocycles. The molecule has 0 radical (unpaired) electrons. The average molecular weight is 567 g/mol. The van der Waals surface area contributed by atoms with Crippen LogP contribution in [-0.2, 0) is 21.4 Å². The van der Waals surface area contributed by atoms with E-state index in [1.165, 1.54) is 24.8 Å². The molecule has 1 fully saturated rings. The van der Waals surface area contributed by atoms with Crippen LogP contribution in [0.1, 0.15) is 85.3 Å². The second-order valence-corrected chi connectivity index (χ2v) is 13.5. The zero-order valence-electron chi connectivity index (χ0n) is 23.8. The number of benzene rings is 1. The number of carbonyl (C=O) groups is 2. The van der Waals surface area contributed by atoms with Gasteiger partial charge in [0, 0.05) is 31.1 Å². The van der Waals surface area contributed by atoms with E-state index < -0.39 is 15.9 Å². The molecular formula is C31H42N4O4S. The van der Waals surface area contributed by atoms with Gasteiger partial charge in [0.15, 0.2) is 0 Å². The number of sulfonamides is 1. The van der Waals surface area contributed by atoms with Crippen LogP contribution in [0.5, 0.6) is 0 Å². The van der Waals surface area contributed by atoms with Gasteiger partial charge >= 0.3 is 0 Å². The number of allylic oxidation sites excluding steroid dienone is 4. The summed E-state index contributed by atoms with van der Waals surface area (Å²) in [5.41, 5.74) is 4.55. The van der Waals surface area contributed by atoms with Crippen molar-refractivity contribution in [1.82, 2.24) is 19.1 Å². The molecule has 0 atom stereocenters. The maximum absolute atomic E-state index is 13.7. The van der Waals surface area contributed by atoms with Crippen LogP contribution in [0.15, 0.2) is 36.4 Å². The Kier molecular flexibility index (Phi) is 8.80. The lowest BCUT2D eigenvalue weighted by Gasteiger charge is -2.25. The van der Waals surface area contributed by atoms with Gasteiger partial charge in [-0.15, -0.1) is 0 Å². The molecule has 8 nitrogen and oxygen atoms in total. The molecule has 2 heterocycles. The summed E-state index contributed by atoms with van der Waals surface area (Å²) in [6.07, 6.45) is 15.5. The van der Waals surface area contributed by atoms with E-state index in [-0.39, 0.29) is 23.8 Å².